The van der Waals surface area contributed by atoms with E-state index in [1.54, 1.807) is 12.1 Å². The molecule has 0 aliphatic heterocycles. The Morgan fingerprint density at radius 2 is 1.70 bits per heavy atom. The summed E-state index contributed by atoms with van der Waals surface area (Å²) in [7, 11) is 0. The molecule has 0 spiro atoms. The maximum atomic E-state index is 14.6. The molecule has 1 nitrogen and oxygen atoms in total. The minimum Gasteiger partial charge on any atom is -0.228 e. The van der Waals surface area contributed by atoms with Crippen LogP contribution in [0, 0.1) is 17.7 Å². The van der Waals surface area contributed by atoms with Gasteiger partial charge in [-0.15, -0.1) is 0 Å². The average Bonchev–Trinajstić information content (AvgIpc) is 2.69. The van der Waals surface area contributed by atoms with Crippen molar-refractivity contribution in [1.82, 2.24) is 4.98 Å². The van der Waals surface area contributed by atoms with Gasteiger partial charge < -0.3 is 0 Å². The summed E-state index contributed by atoms with van der Waals surface area (Å²) in [5, 5.41) is 0. The predicted molar refractivity (Wildman–Crippen MR) is 108 cm³/mol. The summed E-state index contributed by atoms with van der Waals surface area (Å²) in [6.07, 6.45) is 14.4. The van der Waals surface area contributed by atoms with E-state index < -0.39 is 5.95 Å². The molecule has 1 heterocycles. The van der Waals surface area contributed by atoms with E-state index in [0.29, 0.717) is 17.0 Å². The molecule has 1 aliphatic carbocycles. The Bertz CT molecular complexity index is 703. The molecule has 1 aliphatic rings. The van der Waals surface area contributed by atoms with E-state index in [4.69, 9.17) is 0 Å². The highest BCUT2D eigenvalue weighted by molar-refractivity contribution is 5.63. The van der Waals surface area contributed by atoms with Crippen LogP contribution in [0.1, 0.15) is 82.6 Å². The fourth-order valence-electron chi connectivity index (χ4n) is 4.38. The lowest BCUT2D eigenvalue weighted by molar-refractivity contribution is 0.301. The Labute approximate surface area is 162 Å². The lowest BCUT2D eigenvalue weighted by Gasteiger charge is -2.29. The van der Waals surface area contributed by atoms with Crippen LogP contribution in [0.3, 0.4) is 0 Å². The molecule has 2 aromatic rings. The van der Waals surface area contributed by atoms with Crippen molar-refractivity contribution in [1.29, 1.82) is 0 Å². The number of unbranched alkanes of at least 4 members (excludes halogenated alkanes) is 4. The monoisotopic (exact) mass is 371 g/mol. The third-order valence-corrected chi connectivity index (χ3v) is 6.07. The molecular weight excluding hydrogens is 340 g/mol. The smallest absolute Gasteiger partial charge is 0.212 e. The number of aromatic nitrogens is 1. The van der Waals surface area contributed by atoms with E-state index in [-0.39, 0.29) is 5.82 Å². The highest BCUT2D eigenvalue weighted by Gasteiger charge is 2.23. The third-order valence-electron chi connectivity index (χ3n) is 6.07. The van der Waals surface area contributed by atoms with Crippen LogP contribution >= 0.6 is 0 Å². The van der Waals surface area contributed by atoms with Crippen molar-refractivity contribution in [3.8, 4) is 11.1 Å². The third kappa shape index (κ3) is 5.60. The zero-order valence-electron chi connectivity index (χ0n) is 16.4. The second-order valence-corrected chi connectivity index (χ2v) is 8.03. The summed E-state index contributed by atoms with van der Waals surface area (Å²) in [5.74, 6) is 0.547. The second-order valence-electron chi connectivity index (χ2n) is 8.03. The van der Waals surface area contributed by atoms with Crippen molar-refractivity contribution in [3.05, 3.63) is 53.9 Å². The van der Waals surface area contributed by atoms with Crippen molar-refractivity contribution in [2.75, 3.05) is 0 Å². The summed E-state index contributed by atoms with van der Waals surface area (Å²) in [6, 6.07) is 8.38. The van der Waals surface area contributed by atoms with E-state index in [0.717, 1.165) is 24.3 Å². The molecule has 1 aromatic carbocycles. The molecule has 146 valence electrons. The second kappa shape index (κ2) is 9.96. The van der Waals surface area contributed by atoms with Gasteiger partial charge in [-0.3, -0.25) is 0 Å². The fourth-order valence-corrected chi connectivity index (χ4v) is 4.38. The molecule has 3 rings (SSSR count). The maximum absolute atomic E-state index is 14.6. The number of rotatable bonds is 8. The summed E-state index contributed by atoms with van der Waals surface area (Å²) < 4.78 is 27.6. The van der Waals surface area contributed by atoms with Crippen molar-refractivity contribution in [3.63, 3.8) is 0 Å². The Morgan fingerprint density at radius 1 is 0.926 bits per heavy atom. The van der Waals surface area contributed by atoms with Gasteiger partial charge in [-0.2, -0.15) is 4.39 Å². The summed E-state index contributed by atoms with van der Waals surface area (Å²) in [4.78, 5) is 3.62. The molecule has 27 heavy (non-hydrogen) atoms. The molecule has 0 bridgehead atoms. The SMILES string of the molecule is CCCCCCCC1CCC(c2ccc(-c3ccc(F)nc3)c(F)c2)CC1. The van der Waals surface area contributed by atoms with E-state index in [1.807, 2.05) is 12.1 Å². The van der Waals surface area contributed by atoms with Gasteiger partial charge in [-0.1, -0.05) is 57.6 Å². The molecule has 0 atom stereocenters. The lowest BCUT2D eigenvalue weighted by atomic mass is 9.77. The average molecular weight is 372 g/mol. The quantitative estimate of drug-likeness (QED) is 0.343. The van der Waals surface area contributed by atoms with E-state index >= 15 is 0 Å². The van der Waals surface area contributed by atoms with Crippen LogP contribution in [0.4, 0.5) is 8.78 Å². The van der Waals surface area contributed by atoms with Crippen molar-refractivity contribution >= 4 is 0 Å². The van der Waals surface area contributed by atoms with E-state index in [9.17, 15) is 8.78 Å². The fraction of sp³-hybridized carbons (Fsp3) is 0.542. The van der Waals surface area contributed by atoms with E-state index in [2.05, 4.69) is 11.9 Å². The van der Waals surface area contributed by atoms with Crippen molar-refractivity contribution in [2.45, 2.75) is 77.0 Å². The largest absolute Gasteiger partial charge is 0.228 e. The van der Waals surface area contributed by atoms with Gasteiger partial charge in [-0.25, -0.2) is 9.37 Å². The molecule has 1 saturated carbocycles. The molecule has 1 fully saturated rings. The first-order valence-electron chi connectivity index (χ1n) is 10.6. The molecule has 0 unspecified atom stereocenters. The summed E-state index contributed by atoms with van der Waals surface area (Å²) in [6.45, 7) is 2.26. The number of nitrogens with zero attached hydrogens (tertiary/aromatic N) is 1. The van der Waals surface area contributed by atoms with Gasteiger partial charge in [0.1, 0.15) is 5.82 Å². The Morgan fingerprint density at radius 3 is 2.37 bits per heavy atom. The number of benzene rings is 1. The Hall–Kier alpha value is -1.77. The van der Waals surface area contributed by atoms with Crippen LogP contribution in [0.2, 0.25) is 0 Å². The molecular formula is C24H31F2N. The zero-order valence-corrected chi connectivity index (χ0v) is 16.4. The van der Waals surface area contributed by atoms with Gasteiger partial charge in [-0.05, 0) is 61.3 Å². The first kappa shape index (κ1) is 20.0. The molecule has 3 heteroatoms. The maximum Gasteiger partial charge on any atom is 0.212 e. The van der Waals surface area contributed by atoms with Crippen LogP contribution in [0.25, 0.3) is 11.1 Å². The molecule has 0 radical (unpaired) electrons. The number of hydrogen-bond donors (Lipinski definition) is 0. The minimum absolute atomic E-state index is 0.237. The van der Waals surface area contributed by atoms with E-state index in [1.165, 1.54) is 63.6 Å². The first-order valence-corrected chi connectivity index (χ1v) is 10.6. The van der Waals surface area contributed by atoms with Gasteiger partial charge >= 0.3 is 0 Å². The minimum atomic E-state index is -0.544. The normalized spacial score (nSPS) is 20.0. The highest BCUT2D eigenvalue weighted by atomic mass is 19.1. The molecule has 1 aromatic heterocycles. The van der Waals surface area contributed by atoms with Crippen molar-refractivity contribution < 1.29 is 8.78 Å². The predicted octanol–water partition coefficient (Wildman–Crippen LogP) is 7.66. The van der Waals surface area contributed by atoms with Crippen LogP contribution in [0.5, 0.6) is 0 Å². The number of hydrogen-bond acceptors (Lipinski definition) is 1. The Kier molecular flexibility index (Phi) is 7.37. The summed E-state index contributed by atoms with van der Waals surface area (Å²) >= 11 is 0. The van der Waals surface area contributed by atoms with Crippen molar-refractivity contribution in [2.24, 2.45) is 5.92 Å². The zero-order chi connectivity index (χ0) is 19.1. The molecule has 0 N–H and O–H groups in total. The standard InChI is InChI=1S/C24H31F2N/c1-2-3-4-5-6-7-18-8-10-19(11-9-18)20-12-14-22(23(25)16-20)21-13-15-24(26)27-17-21/h12-19H,2-11H2,1H3. The van der Waals surface area contributed by atoms with Crippen LogP contribution in [0.15, 0.2) is 36.5 Å². The molecule has 0 saturated heterocycles. The highest BCUT2D eigenvalue weighted by Crippen LogP contribution is 2.38. The van der Waals surface area contributed by atoms with Crippen LogP contribution in [-0.2, 0) is 0 Å². The van der Waals surface area contributed by atoms with Crippen LogP contribution in [-0.4, -0.2) is 4.98 Å². The number of halogens is 2. The van der Waals surface area contributed by atoms with Crippen LogP contribution < -0.4 is 0 Å². The lowest BCUT2D eigenvalue weighted by Crippen LogP contribution is -2.13. The van der Waals surface area contributed by atoms with Gasteiger partial charge in [0.05, 0.1) is 0 Å². The molecule has 0 amide bonds. The first-order chi connectivity index (χ1) is 13.2. The van der Waals surface area contributed by atoms with Gasteiger partial charge in [0.15, 0.2) is 0 Å². The van der Waals surface area contributed by atoms with Gasteiger partial charge in [0.25, 0.3) is 0 Å². The number of pyridine rings is 1. The van der Waals surface area contributed by atoms with Gasteiger partial charge in [0.2, 0.25) is 5.95 Å². The topological polar surface area (TPSA) is 12.9 Å². The van der Waals surface area contributed by atoms with Gasteiger partial charge in [0, 0.05) is 17.3 Å². The Balaban J connectivity index is 1.52. The summed E-state index contributed by atoms with van der Waals surface area (Å²) in [5.41, 5.74) is 2.21.